The number of nitrogens with one attached hydrogen (secondary N) is 2. The first kappa shape index (κ1) is 31.8. The molecule has 0 aliphatic rings. The molecule has 10 heteroatoms. The number of carbonyl (C=O) groups is 4. The Morgan fingerprint density at radius 2 is 1.43 bits per heavy atom. The summed E-state index contributed by atoms with van der Waals surface area (Å²) in [7, 11) is 0. The zero-order chi connectivity index (χ0) is 29.9. The van der Waals surface area contributed by atoms with Crippen molar-refractivity contribution in [3.8, 4) is 6.07 Å². The number of carbonyl (C=O) groups excluding carboxylic acids is 4. The highest BCUT2D eigenvalue weighted by molar-refractivity contribution is 5.93. The molecule has 40 heavy (non-hydrogen) atoms. The lowest BCUT2D eigenvalue weighted by Gasteiger charge is -2.31. The molecule has 2 N–H and O–H groups in total. The van der Waals surface area contributed by atoms with E-state index in [1.165, 1.54) is 0 Å². The number of nitrogens with zero attached hydrogens (tertiary/aromatic N) is 2. The van der Waals surface area contributed by atoms with E-state index in [0.717, 1.165) is 10.5 Å². The summed E-state index contributed by atoms with van der Waals surface area (Å²) in [5, 5.41) is 14.6. The maximum atomic E-state index is 13.8. The highest BCUT2D eigenvalue weighted by Crippen LogP contribution is 2.22. The third kappa shape index (κ3) is 10.8. The SMILES string of the molecule is CC(C)(C)OC(=O)NCC(=O)N(CC#N)C(C(=O)NC(Cc1ccccc1)C(=O)OC(C)(C)C)c1ccccc1. The Morgan fingerprint density at radius 3 is 1.95 bits per heavy atom. The van der Waals surface area contributed by atoms with Gasteiger partial charge in [0.15, 0.2) is 0 Å². The van der Waals surface area contributed by atoms with Crippen molar-refractivity contribution in [2.75, 3.05) is 13.1 Å². The van der Waals surface area contributed by atoms with Crippen LogP contribution in [0, 0.1) is 11.3 Å². The quantitative estimate of drug-likeness (QED) is 0.340. The van der Waals surface area contributed by atoms with Crippen molar-refractivity contribution < 1.29 is 28.7 Å². The van der Waals surface area contributed by atoms with Gasteiger partial charge in [-0.1, -0.05) is 60.7 Å². The van der Waals surface area contributed by atoms with Gasteiger partial charge in [-0.25, -0.2) is 9.59 Å². The van der Waals surface area contributed by atoms with Gasteiger partial charge >= 0.3 is 12.1 Å². The molecule has 2 aromatic rings. The summed E-state index contributed by atoms with van der Waals surface area (Å²) < 4.78 is 10.7. The number of esters is 1. The van der Waals surface area contributed by atoms with Crippen LogP contribution in [-0.4, -0.2) is 59.1 Å². The van der Waals surface area contributed by atoms with Crippen molar-refractivity contribution in [1.29, 1.82) is 5.26 Å². The first-order valence-corrected chi connectivity index (χ1v) is 13.0. The van der Waals surface area contributed by atoms with Crippen LogP contribution in [0.4, 0.5) is 4.79 Å². The van der Waals surface area contributed by atoms with Gasteiger partial charge in [-0.3, -0.25) is 9.59 Å². The van der Waals surface area contributed by atoms with E-state index < -0.39 is 60.3 Å². The molecular formula is C30H38N4O6. The largest absolute Gasteiger partial charge is 0.458 e. The van der Waals surface area contributed by atoms with Crippen LogP contribution in [0.25, 0.3) is 0 Å². The molecule has 0 aliphatic carbocycles. The first-order valence-electron chi connectivity index (χ1n) is 13.0. The van der Waals surface area contributed by atoms with E-state index in [4.69, 9.17) is 9.47 Å². The highest BCUT2D eigenvalue weighted by atomic mass is 16.6. The van der Waals surface area contributed by atoms with Crippen LogP contribution >= 0.6 is 0 Å². The van der Waals surface area contributed by atoms with Crippen LogP contribution in [-0.2, 0) is 30.3 Å². The Morgan fingerprint density at radius 1 is 0.875 bits per heavy atom. The predicted molar refractivity (Wildman–Crippen MR) is 149 cm³/mol. The summed E-state index contributed by atoms with van der Waals surface area (Å²) in [4.78, 5) is 53.4. The molecule has 2 unspecified atom stereocenters. The minimum Gasteiger partial charge on any atom is -0.458 e. The van der Waals surface area contributed by atoms with Crippen LogP contribution in [0.1, 0.15) is 58.7 Å². The first-order chi connectivity index (χ1) is 18.7. The Bertz CT molecular complexity index is 1200. The molecular weight excluding hydrogens is 512 g/mol. The van der Waals surface area contributed by atoms with Gasteiger partial charge in [0.25, 0.3) is 0 Å². The summed E-state index contributed by atoms with van der Waals surface area (Å²) in [5.41, 5.74) is -0.363. The van der Waals surface area contributed by atoms with E-state index in [-0.39, 0.29) is 6.42 Å². The van der Waals surface area contributed by atoms with Gasteiger partial charge in [0.2, 0.25) is 11.8 Å². The fraction of sp³-hybridized carbons (Fsp3) is 0.433. The number of nitriles is 1. The van der Waals surface area contributed by atoms with E-state index in [1.807, 2.05) is 36.4 Å². The van der Waals surface area contributed by atoms with Gasteiger partial charge in [0.05, 0.1) is 6.07 Å². The lowest BCUT2D eigenvalue weighted by atomic mass is 10.0. The highest BCUT2D eigenvalue weighted by Gasteiger charge is 2.35. The minimum absolute atomic E-state index is 0.148. The monoisotopic (exact) mass is 550 g/mol. The summed E-state index contributed by atoms with van der Waals surface area (Å²) in [6, 6.07) is 17.1. The summed E-state index contributed by atoms with van der Waals surface area (Å²) in [6.45, 7) is 9.27. The zero-order valence-corrected chi connectivity index (χ0v) is 23.9. The average Bonchev–Trinajstić information content (AvgIpc) is 2.86. The fourth-order valence-corrected chi connectivity index (χ4v) is 3.74. The molecule has 10 nitrogen and oxygen atoms in total. The number of hydrogen-bond donors (Lipinski definition) is 2. The Hall–Kier alpha value is -4.39. The van der Waals surface area contributed by atoms with Gasteiger partial charge < -0.3 is 25.0 Å². The summed E-state index contributed by atoms with van der Waals surface area (Å²) in [5.74, 6) is -2.01. The number of hydrogen-bond acceptors (Lipinski definition) is 7. The normalized spacial score (nSPS) is 12.7. The zero-order valence-electron chi connectivity index (χ0n) is 23.9. The third-order valence-electron chi connectivity index (χ3n) is 5.31. The molecule has 0 saturated carbocycles. The third-order valence-corrected chi connectivity index (χ3v) is 5.31. The number of rotatable bonds is 10. The molecule has 0 spiro atoms. The summed E-state index contributed by atoms with van der Waals surface area (Å²) in [6.07, 6.45) is -0.665. The van der Waals surface area contributed by atoms with E-state index in [2.05, 4.69) is 10.6 Å². The van der Waals surface area contributed by atoms with Crippen molar-refractivity contribution >= 4 is 23.9 Å². The Balaban J connectivity index is 2.38. The van der Waals surface area contributed by atoms with Gasteiger partial charge in [-0.2, -0.15) is 5.26 Å². The van der Waals surface area contributed by atoms with Crippen molar-refractivity contribution in [1.82, 2.24) is 15.5 Å². The molecule has 0 bridgehead atoms. The van der Waals surface area contributed by atoms with Crippen molar-refractivity contribution in [3.05, 3.63) is 71.8 Å². The van der Waals surface area contributed by atoms with Crippen LogP contribution < -0.4 is 10.6 Å². The second kappa shape index (κ2) is 14.1. The second-order valence-electron chi connectivity index (χ2n) is 11.1. The van der Waals surface area contributed by atoms with E-state index in [1.54, 1.807) is 71.9 Å². The van der Waals surface area contributed by atoms with E-state index in [0.29, 0.717) is 5.56 Å². The molecule has 214 valence electrons. The van der Waals surface area contributed by atoms with E-state index >= 15 is 0 Å². The molecule has 2 rings (SSSR count). The average molecular weight is 551 g/mol. The smallest absolute Gasteiger partial charge is 0.408 e. The van der Waals surface area contributed by atoms with Crippen LogP contribution in [0.3, 0.4) is 0 Å². The number of amides is 3. The van der Waals surface area contributed by atoms with E-state index in [9.17, 15) is 24.4 Å². The van der Waals surface area contributed by atoms with Crippen molar-refractivity contribution in [3.63, 3.8) is 0 Å². The fourth-order valence-electron chi connectivity index (χ4n) is 3.74. The topological polar surface area (TPSA) is 138 Å². The number of benzene rings is 2. The lowest BCUT2D eigenvalue weighted by molar-refractivity contribution is -0.159. The van der Waals surface area contributed by atoms with Crippen molar-refractivity contribution in [2.45, 2.75) is 71.2 Å². The molecule has 2 atom stereocenters. The van der Waals surface area contributed by atoms with Gasteiger partial charge in [-0.05, 0) is 52.7 Å². The molecule has 0 saturated heterocycles. The van der Waals surface area contributed by atoms with Crippen LogP contribution in [0.5, 0.6) is 0 Å². The van der Waals surface area contributed by atoms with Crippen molar-refractivity contribution in [2.24, 2.45) is 0 Å². The maximum absolute atomic E-state index is 13.8. The minimum atomic E-state index is -1.27. The molecule has 0 radical (unpaired) electrons. The van der Waals surface area contributed by atoms with Gasteiger partial charge in [0.1, 0.15) is 36.4 Å². The molecule has 0 aliphatic heterocycles. The van der Waals surface area contributed by atoms with Crippen LogP contribution in [0.15, 0.2) is 60.7 Å². The molecule has 0 aromatic heterocycles. The molecule has 0 heterocycles. The second-order valence-corrected chi connectivity index (χ2v) is 11.1. The van der Waals surface area contributed by atoms with Crippen LogP contribution in [0.2, 0.25) is 0 Å². The standard InChI is InChI=1S/C30H38N4O6/c1-29(2,3)39-27(37)23(19-21-13-9-7-10-14-21)33-26(36)25(22-15-11-8-12-16-22)34(18-17-31)24(35)20-32-28(38)40-30(4,5)6/h7-16,23,25H,18-20H2,1-6H3,(H,32,38)(H,33,36). The van der Waals surface area contributed by atoms with Gasteiger partial charge in [-0.15, -0.1) is 0 Å². The Labute approximate surface area is 235 Å². The number of alkyl carbamates (subject to hydrolysis) is 1. The number of ether oxygens (including phenoxy) is 2. The molecule has 2 aromatic carbocycles. The lowest BCUT2D eigenvalue weighted by Crippen LogP contribution is -2.52. The van der Waals surface area contributed by atoms with Gasteiger partial charge in [0, 0.05) is 6.42 Å². The predicted octanol–water partition coefficient (Wildman–Crippen LogP) is 3.67. The maximum Gasteiger partial charge on any atom is 0.408 e. The molecule has 3 amide bonds. The molecule has 0 fully saturated rings. The summed E-state index contributed by atoms with van der Waals surface area (Å²) >= 11 is 0. The Kier molecular flexibility index (Phi) is 11.2.